The van der Waals surface area contributed by atoms with E-state index in [9.17, 15) is 4.79 Å². The average Bonchev–Trinajstić information content (AvgIpc) is 3.24. The molecule has 0 saturated carbocycles. The van der Waals surface area contributed by atoms with E-state index in [0.29, 0.717) is 17.1 Å². The molecule has 2 aromatic heterocycles. The van der Waals surface area contributed by atoms with Crippen molar-refractivity contribution in [2.45, 2.75) is 26.3 Å². The second-order valence-electron chi connectivity index (χ2n) is 5.15. The Balaban J connectivity index is 1.73. The van der Waals surface area contributed by atoms with Crippen LogP contribution in [0.2, 0.25) is 0 Å². The summed E-state index contributed by atoms with van der Waals surface area (Å²) in [6, 6.07) is 9.71. The number of aryl methyl sites for hydroxylation is 1. The van der Waals surface area contributed by atoms with E-state index in [1.54, 1.807) is 6.20 Å². The monoisotopic (exact) mass is 327 g/mol. The van der Waals surface area contributed by atoms with Gasteiger partial charge in [0.25, 0.3) is 5.91 Å². The minimum Gasteiger partial charge on any atom is -0.342 e. The fourth-order valence-electron chi connectivity index (χ4n) is 2.26. The number of carbonyl (C=O) groups excluding carboxylic acids is 1. The van der Waals surface area contributed by atoms with E-state index in [1.165, 1.54) is 0 Å². The van der Waals surface area contributed by atoms with Crippen molar-refractivity contribution in [3.05, 3.63) is 52.9 Å². The quantitative estimate of drug-likeness (QED) is 0.754. The number of amides is 1. The van der Waals surface area contributed by atoms with Crippen LogP contribution < -0.4 is 5.32 Å². The summed E-state index contributed by atoms with van der Waals surface area (Å²) in [5, 5.41) is 6.90. The zero-order valence-corrected chi connectivity index (χ0v) is 13.7. The van der Waals surface area contributed by atoms with E-state index in [1.807, 2.05) is 44.2 Å². The number of hydrogen-bond acceptors (Lipinski definition) is 5. The van der Waals surface area contributed by atoms with Gasteiger partial charge in [0.05, 0.1) is 23.6 Å². The molecule has 3 aromatic rings. The molecule has 7 heteroatoms. The topological polar surface area (TPSA) is 83.6 Å². The molecule has 0 fully saturated rings. The molecular weight excluding hydrogens is 310 g/mol. The largest absolute Gasteiger partial charge is 0.342 e. The Hall–Kier alpha value is -2.54. The molecule has 0 spiro atoms. The average molecular weight is 327 g/mol. The fraction of sp³-hybridized carbons (Fsp3) is 0.250. The molecule has 0 aliphatic heterocycles. The summed E-state index contributed by atoms with van der Waals surface area (Å²) < 4.78 is 3.85. The molecule has 0 radical (unpaired) electrons. The van der Waals surface area contributed by atoms with Gasteiger partial charge in [0.15, 0.2) is 0 Å². The van der Waals surface area contributed by atoms with Gasteiger partial charge in [-0.25, -0.2) is 4.98 Å². The van der Waals surface area contributed by atoms with Crippen LogP contribution in [0.4, 0.5) is 0 Å². The van der Waals surface area contributed by atoms with Crippen LogP contribution >= 0.6 is 11.5 Å². The first-order chi connectivity index (χ1) is 11.2. The second-order valence-corrected chi connectivity index (χ2v) is 5.90. The highest BCUT2D eigenvalue weighted by Crippen LogP contribution is 2.19. The number of rotatable bonds is 5. The molecule has 2 N–H and O–H groups in total. The molecule has 0 bridgehead atoms. The van der Waals surface area contributed by atoms with Gasteiger partial charge in [-0.15, -0.1) is 5.10 Å². The van der Waals surface area contributed by atoms with Gasteiger partial charge >= 0.3 is 0 Å². The number of nitrogens with zero attached hydrogens (tertiary/aromatic N) is 3. The molecule has 1 aromatic carbocycles. The molecule has 0 saturated heterocycles. The van der Waals surface area contributed by atoms with Crippen LogP contribution in [0.3, 0.4) is 0 Å². The van der Waals surface area contributed by atoms with E-state index in [4.69, 9.17) is 0 Å². The molecule has 1 amide bonds. The number of aromatic nitrogens is 4. The third kappa shape index (κ3) is 3.29. The Kier molecular flexibility index (Phi) is 4.47. The maximum atomic E-state index is 12.3. The van der Waals surface area contributed by atoms with E-state index in [-0.39, 0.29) is 11.9 Å². The Morgan fingerprint density at radius 3 is 2.87 bits per heavy atom. The summed E-state index contributed by atoms with van der Waals surface area (Å²) in [5.74, 6) is 0.551. The van der Waals surface area contributed by atoms with Crippen molar-refractivity contribution in [2.24, 2.45) is 0 Å². The summed E-state index contributed by atoms with van der Waals surface area (Å²) in [5.41, 5.74) is 2.71. The molecule has 1 atom stereocenters. The van der Waals surface area contributed by atoms with Gasteiger partial charge in [0.1, 0.15) is 10.7 Å². The lowest BCUT2D eigenvalue weighted by Gasteiger charge is -2.10. The second kappa shape index (κ2) is 6.70. The Morgan fingerprint density at radius 1 is 1.35 bits per heavy atom. The highest BCUT2D eigenvalue weighted by molar-refractivity contribution is 7.08. The highest BCUT2D eigenvalue weighted by atomic mass is 32.1. The number of aromatic amines is 1. The Labute approximate surface area is 138 Å². The molecule has 2 heterocycles. The molecule has 6 nitrogen and oxygen atoms in total. The summed E-state index contributed by atoms with van der Waals surface area (Å²) in [6.07, 6.45) is 2.46. The van der Waals surface area contributed by atoms with Crippen molar-refractivity contribution in [3.63, 3.8) is 0 Å². The van der Waals surface area contributed by atoms with E-state index < -0.39 is 0 Å². The van der Waals surface area contributed by atoms with Crippen LogP contribution in [0.1, 0.15) is 41.1 Å². The minimum absolute atomic E-state index is 0.165. The first kappa shape index (κ1) is 15.4. The number of hydrogen-bond donors (Lipinski definition) is 2. The summed E-state index contributed by atoms with van der Waals surface area (Å²) in [4.78, 5) is 20.5. The Bertz CT molecular complexity index is 796. The normalized spacial score (nSPS) is 12.1. The third-order valence-corrected chi connectivity index (χ3v) is 4.30. The maximum absolute atomic E-state index is 12.3. The Morgan fingerprint density at radius 2 is 2.13 bits per heavy atom. The molecule has 0 aliphatic rings. The van der Waals surface area contributed by atoms with Crippen molar-refractivity contribution in [2.75, 3.05) is 0 Å². The minimum atomic E-state index is -0.230. The number of nitrogens with one attached hydrogen (secondary N) is 2. The summed E-state index contributed by atoms with van der Waals surface area (Å²) in [7, 11) is 0. The number of carbonyl (C=O) groups is 1. The van der Waals surface area contributed by atoms with Gasteiger partial charge in [-0.3, -0.25) is 4.79 Å². The zero-order valence-electron chi connectivity index (χ0n) is 12.9. The highest BCUT2D eigenvalue weighted by Gasteiger charge is 2.19. The summed E-state index contributed by atoms with van der Waals surface area (Å²) in [6.45, 7) is 3.85. The van der Waals surface area contributed by atoms with Crippen molar-refractivity contribution in [3.8, 4) is 11.3 Å². The van der Waals surface area contributed by atoms with Crippen molar-refractivity contribution < 1.29 is 4.79 Å². The van der Waals surface area contributed by atoms with E-state index in [2.05, 4.69) is 24.9 Å². The van der Waals surface area contributed by atoms with Crippen LogP contribution in [-0.2, 0) is 6.42 Å². The smallest absolute Gasteiger partial charge is 0.265 e. The van der Waals surface area contributed by atoms with Gasteiger partial charge in [-0.1, -0.05) is 41.7 Å². The predicted octanol–water partition coefficient (Wildman–Crippen LogP) is 2.98. The molecule has 3 rings (SSSR count). The number of H-pyrrole nitrogens is 1. The molecule has 0 aliphatic carbocycles. The van der Waals surface area contributed by atoms with Crippen LogP contribution in [0.25, 0.3) is 11.3 Å². The van der Waals surface area contributed by atoms with Crippen LogP contribution in [0, 0.1) is 0 Å². The third-order valence-electron chi connectivity index (χ3n) is 3.53. The van der Waals surface area contributed by atoms with Crippen LogP contribution in [0.5, 0.6) is 0 Å². The molecule has 0 unspecified atom stereocenters. The van der Waals surface area contributed by atoms with Gasteiger partial charge in [0, 0.05) is 0 Å². The lowest BCUT2D eigenvalue weighted by Crippen LogP contribution is -2.27. The van der Waals surface area contributed by atoms with Gasteiger partial charge in [0.2, 0.25) is 0 Å². The first-order valence-corrected chi connectivity index (χ1v) is 8.18. The van der Waals surface area contributed by atoms with E-state index >= 15 is 0 Å². The standard InChI is InChI=1S/C16H17N5OS/c1-3-12-14(23-21-20-12)16(22)18-10(2)15-17-9-13(19-15)11-7-5-4-6-8-11/h4-10H,3H2,1-2H3,(H,17,19)(H,18,22)/t10-/m1/s1. The zero-order chi connectivity index (χ0) is 16.2. The van der Waals surface area contributed by atoms with Crippen molar-refractivity contribution in [1.82, 2.24) is 24.9 Å². The lowest BCUT2D eigenvalue weighted by atomic mass is 10.2. The number of benzene rings is 1. The molecule has 23 heavy (non-hydrogen) atoms. The van der Waals surface area contributed by atoms with Crippen molar-refractivity contribution >= 4 is 17.4 Å². The van der Waals surface area contributed by atoms with Crippen LogP contribution in [0.15, 0.2) is 36.5 Å². The molecule has 118 valence electrons. The fourth-order valence-corrected chi connectivity index (χ4v) is 2.92. The lowest BCUT2D eigenvalue weighted by molar-refractivity contribution is 0.0941. The van der Waals surface area contributed by atoms with Crippen molar-refractivity contribution in [1.29, 1.82) is 0 Å². The van der Waals surface area contributed by atoms with Gasteiger partial charge in [-0.2, -0.15) is 0 Å². The predicted molar refractivity (Wildman–Crippen MR) is 89.2 cm³/mol. The van der Waals surface area contributed by atoms with Gasteiger partial charge < -0.3 is 10.3 Å². The SMILES string of the molecule is CCc1nnsc1C(=O)N[C@H](C)c1ncc(-c2ccccc2)[nH]1. The first-order valence-electron chi connectivity index (χ1n) is 7.41. The van der Waals surface area contributed by atoms with E-state index in [0.717, 1.165) is 28.5 Å². The maximum Gasteiger partial charge on any atom is 0.265 e. The van der Waals surface area contributed by atoms with Crippen LogP contribution in [-0.4, -0.2) is 25.5 Å². The molecular formula is C16H17N5OS. The summed E-state index contributed by atoms with van der Waals surface area (Å²) >= 11 is 1.12. The van der Waals surface area contributed by atoms with Gasteiger partial charge in [-0.05, 0) is 30.4 Å². The number of imidazole rings is 1.